The van der Waals surface area contributed by atoms with Crippen LogP contribution in [0.15, 0.2) is 52.3 Å². The summed E-state index contributed by atoms with van der Waals surface area (Å²) >= 11 is 0.856. The Labute approximate surface area is 150 Å². The van der Waals surface area contributed by atoms with Gasteiger partial charge in [-0.1, -0.05) is 6.07 Å². The van der Waals surface area contributed by atoms with Crippen LogP contribution in [0.4, 0.5) is 4.79 Å². The molecule has 0 saturated carbocycles. The fourth-order valence-corrected chi connectivity index (χ4v) is 3.57. The van der Waals surface area contributed by atoms with E-state index in [9.17, 15) is 9.59 Å². The molecule has 0 spiro atoms. The van der Waals surface area contributed by atoms with Gasteiger partial charge in [-0.15, -0.1) is 0 Å². The Bertz CT molecular complexity index is 1240. The van der Waals surface area contributed by atoms with Gasteiger partial charge in [0.15, 0.2) is 0 Å². The number of aromatic nitrogens is 3. The Morgan fingerprint density at radius 1 is 1.15 bits per heavy atom. The molecule has 1 saturated heterocycles. The average Bonchev–Trinajstić information content (AvgIpc) is 3.32. The summed E-state index contributed by atoms with van der Waals surface area (Å²) in [4.78, 5) is 34.9. The van der Waals surface area contributed by atoms with Crippen LogP contribution in [-0.2, 0) is 4.79 Å². The van der Waals surface area contributed by atoms with Gasteiger partial charge in [0.1, 0.15) is 11.3 Å². The molecule has 1 aliphatic heterocycles. The molecule has 1 aromatic carbocycles. The van der Waals surface area contributed by atoms with Crippen LogP contribution in [0.1, 0.15) is 5.76 Å². The van der Waals surface area contributed by atoms with Gasteiger partial charge in [0.25, 0.3) is 11.1 Å². The van der Waals surface area contributed by atoms with E-state index >= 15 is 0 Å². The van der Waals surface area contributed by atoms with Gasteiger partial charge in [-0.05, 0) is 35.5 Å². The SMILES string of the molecule is O=C1NC(=O)/C(=C/c2cc3cncc(-c4ccc5nc[nH]c5c4)c3o2)S1. The number of furan rings is 1. The van der Waals surface area contributed by atoms with Crippen molar-refractivity contribution in [2.24, 2.45) is 0 Å². The van der Waals surface area contributed by atoms with E-state index < -0.39 is 5.91 Å². The number of imide groups is 1. The summed E-state index contributed by atoms with van der Waals surface area (Å²) in [7, 11) is 0. The van der Waals surface area contributed by atoms with E-state index in [1.807, 2.05) is 18.2 Å². The monoisotopic (exact) mass is 362 g/mol. The normalized spacial score (nSPS) is 16.1. The summed E-state index contributed by atoms with van der Waals surface area (Å²) in [5.74, 6) is 0.0766. The second-order valence-corrected chi connectivity index (χ2v) is 6.76. The van der Waals surface area contributed by atoms with Gasteiger partial charge in [-0.25, -0.2) is 4.98 Å². The highest BCUT2D eigenvalue weighted by Gasteiger charge is 2.25. The van der Waals surface area contributed by atoms with Crippen molar-refractivity contribution in [3.8, 4) is 11.1 Å². The highest BCUT2D eigenvalue weighted by molar-refractivity contribution is 8.18. The zero-order chi connectivity index (χ0) is 17.7. The summed E-state index contributed by atoms with van der Waals surface area (Å²) in [6.45, 7) is 0. The number of carbonyl (C=O) groups is 2. The number of nitrogens with zero attached hydrogens (tertiary/aromatic N) is 2. The summed E-state index contributed by atoms with van der Waals surface area (Å²) in [6.07, 6.45) is 6.65. The van der Waals surface area contributed by atoms with Gasteiger partial charge < -0.3 is 9.40 Å². The number of amides is 2. The lowest BCUT2D eigenvalue weighted by Crippen LogP contribution is -2.17. The van der Waals surface area contributed by atoms with Gasteiger partial charge in [0, 0.05) is 29.4 Å². The molecule has 2 N–H and O–H groups in total. The number of benzene rings is 1. The molecule has 0 bridgehead atoms. The second-order valence-electron chi connectivity index (χ2n) is 5.74. The maximum Gasteiger partial charge on any atom is 0.290 e. The first-order valence-corrected chi connectivity index (χ1v) is 8.55. The third-order valence-corrected chi connectivity index (χ3v) is 4.90. The van der Waals surface area contributed by atoms with Gasteiger partial charge in [0.2, 0.25) is 0 Å². The van der Waals surface area contributed by atoms with E-state index in [2.05, 4.69) is 20.3 Å². The molecule has 26 heavy (non-hydrogen) atoms. The number of imidazole rings is 1. The number of thioether (sulfide) groups is 1. The third kappa shape index (κ3) is 2.39. The maximum atomic E-state index is 11.7. The number of fused-ring (bicyclic) bond motifs is 2. The fraction of sp³-hybridized carbons (Fsp3) is 0. The third-order valence-electron chi connectivity index (χ3n) is 4.09. The number of hydrogen-bond acceptors (Lipinski definition) is 6. The zero-order valence-electron chi connectivity index (χ0n) is 13.1. The van der Waals surface area contributed by atoms with Crippen molar-refractivity contribution in [1.29, 1.82) is 0 Å². The van der Waals surface area contributed by atoms with Crippen molar-refractivity contribution < 1.29 is 14.0 Å². The highest BCUT2D eigenvalue weighted by atomic mass is 32.2. The van der Waals surface area contributed by atoms with Crippen molar-refractivity contribution in [3.63, 3.8) is 0 Å². The number of pyridine rings is 1. The summed E-state index contributed by atoms with van der Waals surface area (Å²) < 4.78 is 5.95. The molecule has 0 aliphatic carbocycles. The van der Waals surface area contributed by atoms with Gasteiger partial charge >= 0.3 is 0 Å². The second kappa shape index (κ2) is 5.57. The lowest BCUT2D eigenvalue weighted by atomic mass is 10.1. The summed E-state index contributed by atoms with van der Waals surface area (Å²) in [5, 5.41) is 2.66. The van der Waals surface area contributed by atoms with E-state index in [1.54, 1.807) is 30.9 Å². The van der Waals surface area contributed by atoms with E-state index in [4.69, 9.17) is 4.42 Å². The Kier molecular flexibility index (Phi) is 3.19. The molecule has 0 unspecified atom stereocenters. The predicted molar refractivity (Wildman–Crippen MR) is 98.2 cm³/mol. The molecule has 1 aliphatic rings. The van der Waals surface area contributed by atoms with Crippen molar-refractivity contribution >= 4 is 51.0 Å². The van der Waals surface area contributed by atoms with Crippen LogP contribution < -0.4 is 5.32 Å². The zero-order valence-corrected chi connectivity index (χ0v) is 14.0. The molecule has 4 aromatic rings. The van der Waals surface area contributed by atoms with Crippen LogP contribution in [0.5, 0.6) is 0 Å². The highest BCUT2D eigenvalue weighted by Crippen LogP contribution is 2.33. The van der Waals surface area contributed by atoms with E-state index in [0.717, 1.165) is 39.3 Å². The minimum atomic E-state index is -0.413. The first kappa shape index (κ1) is 14.9. The van der Waals surface area contributed by atoms with Crippen molar-refractivity contribution in [3.05, 3.63) is 53.7 Å². The lowest BCUT2D eigenvalue weighted by Gasteiger charge is -2.02. The fourth-order valence-electron chi connectivity index (χ4n) is 2.91. The largest absolute Gasteiger partial charge is 0.456 e. The first-order valence-electron chi connectivity index (χ1n) is 7.73. The Morgan fingerprint density at radius 2 is 2.08 bits per heavy atom. The Hall–Kier alpha value is -3.39. The molecule has 0 atom stereocenters. The molecule has 126 valence electrons. The average molecular weight is 362 g/mol. The van der Waals surface area contributed by atoms with Gasteiger partial charge in [-0.2, -0.15) is 0 Å². The number of carbonyl (C=O) groups excluding carboxylic acids is 2. The summed E-state index contributed by atoms with van der Waals surface area (Å²) in [6, 6.07) is 7.67. The Morgan fingerprint density at radius 3 is 2.92 bits per heavy atom. The number of hydrogen-bond donors (Lipinski definition) is 2. The number of nitrogens with one attached hydrogen (secondary N) is 2. The molecule has 5 rings (SSSR count). The predicted octanol–water partition coefficient (Wildman–Crippen LogP) is 3.70. The molecule has 8 heteroatoms. The Balaban J connectivity index is 1.63. The van der Waals surface area contributed by atoms with E-state index in [-0.39, 0.29) is 5.24 Å². The van der Waals surface area contributed by atoms with Crippen LogP contribution in [0.2, 0.25) is 0 Å². The van der Waals surface area contributed by atoms with E-state index in [0.29, 0.717) is 16.2 Å². The van der Waals surface area contributed by atoms with Crippen LogP contribution in [0.3, 0.4) is 0 Å². The molecule has 1 fully saturated rings. The number of aromatic amines is 1. The molecule has 7 nitrogen and oxygen atoms in total. The summed E-state index contributed by atoms with van der Waals surface area (Å²) in [5.41, 5.74) is 4.25. The first-order chi connectivity index (χ1) is 12.7. The van der Waals surface area contributed by atoms with Crippen LogP contribution in [0.25, 0.3) is 39.2 Å². The lowest BCUT2D eigenvalue weighted by molar-refractivity contribution is -0.115. The topological polar surface area (TPSA) is 101 Å². The smallest absolute Gasteiger partial charge is 0.290 e. The molecule has 4 heterocycles. The number of H-pyrrole nitrogens is 1. The number of rotatable bonds is 2. The maximum absolute atomic E-state index is 11.7. The minimum absolute atomic E-state index is 0.308. The van der Waals surface area contributed by atoms with Crippen LogP contribution in [-0.4, -0.2) is 26.1 Å². The van der Waals surface area contributed by atoms with Crippen molar-refractivity contribution in [2.75, 3.05) is 0 Å². The molecule has 3 aromatic heterocycles. The minimum Gasteiger partial charge on any atom is -0.456 e. The molecule has 2 amide bonds. The van der Waals surface area contributed by atoms with E-state index in [1.165, 1.54) is 0 Å². The van der Waals surface area contributed by atoms with Gasteiger partial charge in [-0.3, -0.25) is 19.9 Å². The van der Waals surface area contributed by atoms with Crippen molar-refractivity contribution in [1.82, 2.24) is 20.3 Å². The van der Waals surface area contributed by atoms with Gasteiger partial charge in [0.05, 0.1) is 22.3 Å². The molecule has 0 radical (unpaired) electrons. The molecular formula is C18H10N4O3S. The van der Waals surface area contributed by atoms with Crippen LogP contribution >= 0.6 is 11.8 Å². The van der Waals surface area contributed by atoms with Crippen molar-refractivity contribution in [2.45, 2.75) is 0 Å². The standard InChI is InChI=1S/C18H10N4O3S/c23-17-15(26-18(24)22-17)5-11-3-10-6-19-7-12(16(10)25-11)9-1-2-13-14(4-9)21-8-20-13/h1-8H,(H,20,21)(H,22,23,24)/b15-5-. The van der Waals surface area contributed by atoms with Crippen LogP contribution in [0, 0.1) is 0 Å². The quantitative estimate of drug-likeness (QED) is 0.527. The molecular weight excluding hydrogens is 352 g/mol.